The standard InChI is InChI=1S/C29H48O3/c1-18(20(3)29(6,32)17-30)15-19(2)24-9-10-25-23-8-7-21-16-22(31)11-13-27(21,4)26(23)12-14-28(24,25)5/h7,18,20,22-23,25-26,30-32H,8-17H2,1-6H3/t18?,20-,22?,23-,25-,26-,27-,28+,29?/m0/s1. The van der Waals surface area contributed by atoms with Crippen molar-refractivity contribution in [3.8, 4) is 0 Å². The number of hydrogen-bond donors (Lipinski definition) is 3. The van der Waals surface area contributed by atoms with Gasteiger partial charge in [0.2, 0.25) is 0 Å². The molecule has 0 spiro atoms. The number of hydrogen-bond acceptors (Lipinski definition) is 3. The maximum Gasteiger partial charge on any atom is 0.0877 e. The predicted octanol–water partition coefficient (Wildman–Crippen LogP) is 6.03. The van der Waals surface area contributed by atoms with Crippen molar-refractivity contribution in [1.29, 1.82) is 0 Å². The zero-order chi connectivity index (χ0) is 23.5. The van der Waals surface area contributed by atoms with Gasteiger partial charge in [-0.1, -0.05) is 50.5 Å². The Kier molecular flexibility index (Phi) is 6.53. The Hall–Kier alpha value is -0.640. The summed E-state index contributed by atoms with van der Waals surface area (Å²) >= 11 is 0. The van der Waals surface area contributed by atoms with Crippen LogP contribution in [-0.4, -0.2) is 33.6 Å². The molecule has 3 saturated carbocycles. The predicted molar refractivity (Wildman–Crippen MR) is 131 cm³/mol. The van der Waals surface area contributed by atoms with Gasteiger partial charge in [-0.15, -0.1) is 0 Å². The van der Waals surface area contributed by atoms with Crippen LogP contribution in [0.15, 0.2) is 22.8 Å². The normalized spacial score (nSPS) is 44.5. The molecule has 3 N–H and O–H groups in total. The van der Waals surface area contributed by atoms with Crippen molar-refractivity contribution in [1.82, 2.24) is 0 Å². The summed E-state index contributed by atoms with van der Waals surface area (Å²) in [6, 6.07) is 0. The van der Waals surface area contributed by atoms with Gasteiger partial charge in [0, 0.05) is 0 Å². The van der Waals surface area contributed by atoms with Crippen molar-refractivity contribution in [2.24, 2.45) is 40.4 Å². The van der Waals surface area contributed by atoms with Gasteiger partial charge in [-0.3, -0.25) is 0 Å². The zero-order valence-electron chi connectivity index (χ0n) is 21.5. The van der Waals surface area contributed by atoms with E-state index in [-0.39, 0.29) is 18.6 Å². The molecule has 0 saturated heterocycles. The van der Waals surface area contributed by atoms with Crippen LogP contribution in [0.4, 0.5) is 0 Å². The lowest BCUT2D eigenvalue weighted by Crippen LogP contribution is -2.49. The minimum absolute atomic E-state index is 0.0623. The Labute approximate surface area is 196 Å². The molecule has 3 heteroatoms. The number of aliphatic hydroxyl groups excluding tert-OH is 2. The average Bonchev–Trinajstić information content (AvgIpc) is 3.10. The smallest absolute Gasteiger partial charge is 0.0877 e. The SMILES string of the molecule is CC(CC(C)[C@H](C)C(C)(O)CO)=C1CC[C@H]2[C@@H]3CC=C4CC(O)CC[C@]4(C)[C@H]3CC[C@]12C. The molecular weight excluding hydrogens is 396 g/mol. The molecule has 182 valence electrons. The van der Waals surface area contributed by atoms with Crippen LogP contribution >= 0.6 is 0 Å². The molecule has 9 atom stereocenters. The first kappa shape index (κ1) is 24.5. The van der Waals surface area contributed by atoms with Gasteiger partial charge in [0.25, 0.3) is 0 Å². The van der Waals surface area contributed by atoms with Crippen molar-refractivity contribution < 1.29 is 15.3 Å². The van der Waals surface area contributed by atoms with Gasteiger partial charge in [-0.05, 0) is 112 Å². The molecule has 3 nitrogen and oxygen atoms in total. The van der Waals surface area contributed by atoms with Gasteiger partial charge in [-0.2, -0.15) is 0 Å². The quantitative estimate of drug-likeness (QED) is 0.454. The number of allylic oxidation sites excluding steroid dienone is 3. The Bertz CT molecular complexity index is 779. The summed E-state index contributed by atoms with van der Waals surface area (Å²) in [5.41, 5.74) is 4.43. The van der Waals surface area contributed by atoms with Gasteiger partial charge >= 0.3 is 0 Å². The Morgan fingerprint density at radius 1 is 1.12 bits per heavy atom. The van der Waals surface area contributed by atoms with Crippen molar-refractivity contribution in [2.75, 3.05) is 6.61 Å². The first-order chi connectivity index (χ1) is 14.9. The molecule has 0 heterocycles. The van der Waals surface area contributed by atoms with Crippen LogP contribution in [0.2, 0.25) is 0 Å². The molecule has 32 heavy (non-hydrogen) atoms. The third-order valence-corrected chi connectivity index (χ3v) is 11.2. The Balaban J connectivity index is 1.55. The van der Waals surface area contributed by atoms with E-state index in [9.17, 15) is 15.3 Å². The molecule has 3 unspecified atom stereocenters. The fraction of sp³-hybridized carbons (Fsp3) is 0.862. The van der Waals surface area contributed by atoms with Gasteiger partial charge < -0.3 is 15.3 Å². The summed E-state index contributed by atoms with van der Waals surface area (Å²) in [6.07, 6.45) is 12.8. The van der Waals surface area contributed by atoms with Crippen LogP contribution in [-0.2, 0) is 0 Å². The van der Waals surface area contributed by atoms with Gasteiger partial charge in [0.1, 0.15) is 0 Å². The molecule has 4 rings (SSSR count). The summed E-state index contributed by atoms with van der Waals surface area (Å²) in [4.78, 5) is 0. The Morgan fingerprint density at radius 3 is 2.47 bits per heavy atom. The molecule has 0 aliphatic heterocycles. The van der Waals surface area contributed by atoms with E-state index in [4.69, 9.17) is 0 Å². The lowest BCUT2D eigenvalue weighted by molar-refractivity contribution is -0.0572. The highest BCUT2D eigenvalue weighted by Gasteiger charge is 2.57. The Morgan fingerprint density at radius 2 is 1.78 bits per heavy atom. The monoisotopic (exact) mass is 444 g/mol. The molecule has 0 aromatic heterocycles. The third-order valence-electron chi connectivity index (χ3n) is 11.2. The lowest BCUT2D eigenvalue weighted by atomic mass is 9.47. The summed E-state index contributed by atoms with van der Waals surface area (Å²) in [5.74, 6) is 2.76. The van der Waals surface area contributed by atoms with Crippen LogP contribution < -0.4 is 0 Å². The topological polar surface area (TPSA) is 60.7 Å². The maximum absolute atomic E-state index is 10.6. The molecule has 0 amide bonds. The van der Waals surface area contributed by atoms with E-state index in [0.29, 0.717) is 16.7 Å². The fourth-order valence-electron chi connectivity index (χ4n) is 8.70. The fourth-order valence-corrected chi connectivity index (χ4v) is 8.70. The third kappa shape index (κ3) is 3.85. The maximum atomic E-state index is 10.6. The molecule has 0 aromatic carbocycles. The molecule has 0 bridgehead atoms. The lowest BCUT2D eigenvalue weighted by Gasteiger charge is -2.57. The summed E-state index contributed by atoms with van der Waals surface area (Å²) in [6.45, 7) is 13.3. The second kappa shape index (κ2) is 8.54. The zero-order valence-corrected chi connectivity index (χ0v) is 21.5. The van der Waals surface area contributed by atoms with Gasteiger partial charge in [0.15, 0.2) is 0 Å². The van der Waals surface area contributed by atoms with Crippen molar-refractivity contribution in [2.45, 2.75) is 111 Å². The number of fused-ring (bicyclic) bond motifs is 5. The van der Waals surface area contributed by atoms with E-state index in [1.807, 2.05) is 0 Å². The van der Waals surface area contributed by atoms with Crippen LogP contribution in [0.1, 0.15) is 99.3 Å². The van der Waals surface area contributed by atoms with Crippen LogP contribution in [0, 0.1) is 40.4 Å². The van der Waals surface area contributed by atoms with Crippen molar-refractivity contribution >= 4 is 0 Å². The molecular formula is C29H48O3. The van der Waals surface area contributed by atoms with E-state index < -0.39 is 5.60 Å². The molecule has 0 radical (unpaired) electrons. The van der Waals surface area contributed by atoms with E-state index >= 15 is 0 Å². The number of rotatable bonds is 5. The number of aliphatic hydroxyl groups is 3. The van der Waals surface area contributed by atoms with Crippen LogP contribution in [0.25, 0.3) is 0 Å². The highest BCUT2D eigenvalue weighted by atomic mass is 16.3. The second-order valence-corrected chi connectivity index (χ2v) is 12.9. The van der Waals surface area contributed by atoms with Gasteiger partial charge in [0.05, 0.1) is 18.3 Å². The largest absolute Gasteiger partial charge is 0.393 e. The molecule has 0 aromatic rings. The molecule has 4 aliphatic rings. The minimum atomic E-state index is -1.01. The highest BCUT2D eigenvalue weighted by molar-refractivity contribution is 5.31. The first-order valence-electron chi connectivity index (χ1n) is 13.3. The van der Waals surface area contributed by atoms with Crippen molar-refractivity contribution in [3.05, 3.63) is 22.8 Å². The summed E-state index contributed by atoms with van der Waals surface area (Å²) in [5, 5.41) is 30.4. The summed E-state index contributed by atoms with van der Waals surface area (Å²) < 4.78 is 0. The van der Waals surface area contributed by atoms with E-state index in [0.717, 1.165) is 43.4 Å². The van der Waals surface area contributed by atoms with Crippen LogP contribution in [0.5, 0.6) is 0 Å². The minimum Gasteiger partial charge on any atom is -0.393 e. The van der Waals surface area contributed by atoms with E-state index in [1.54, 1.807) is 23.6 Å². The van der Waals surface area contributed by atoms with E-state index in [1.165, 1.54) is 32.1 Å². The van der Waals surface area contributed by atoms with E-state index in [2.05, 4.69) is 40.7 Å². The first-order valence-corrected chi connectivity index (χ1v) is 13.3. The van der Waals surface area contributed by atoms with Crippen LogP contribution in [0.3, 0.4) is 0 Å². The molecule has 4 aliphatic carbocycles. The highest BCUT2D eigenvalue weighted by Crippen LogP contribution is 2.66. The average molecular weight is 445 g/mol. The van der Waals surface area contributed by atoms with Crippen molar-refractivity contribution in [3.63, 3.8) is 0 Å². The second-order valence-electron chi connectivity index (χ2n) is 12.9. The summed E-state index contributed by atoms with van der Waals surface area (Å²) in [7, 11) is 0. The van der Waals surface area contributed by atoms with Gasteiger partial charge in [-0.25, -0.2) is 0 Å². The molecule has 3 fully saturated rings.